The molecule has 0 spiro atoms. The number of amides is 2. The van der Waals surface area contributed by atoms with Gasteiger partial charge in [0.25, 0.3) is 11.9 Å². The van der Waals surface area contributed by atoms with Gasteiger partial charge in [-0.1, -0.05) is 6.58 Å². The van der Waals surface area contributed by atoms with Crippen LogP contribution in [0.25, 0.3) is 0 Å². The topological polar surface area (TPSA) is 89.1 Å². The maximum Gasteiger partial charge on any atom is 0.281 e. The summed E-state index contributed by atoms with van der Waals surface area (Å²) in [6, 6.07) is 0. The van der Waals surface area contributed by atoms with Gasteiger partial charge in [-0.3, -0.25) is 9.59 Å². The first-order chi connectivity index (χ1) is 12.4. The number of aryl methyl sites for hydroxylation is 1. The zero-order valence-corrected chi connectivity index (χ0v) is 15.4. The maximum absolute atomic E-state index is 12.4. The molecule has 1 aromatic rings. The number of rotatable bonds is 3. The van der Waals surface area contributed by atoms with Gasteiger partial charge in [-0.15, -0.1) is 0 Å². The van der Waals surface area contributed by atoms with Gasteiger partial charge in [-0.05, 0) is 32.8 Å². The Bertz CT molecular complexity index is 828. The van der Waals surface area contributed by atoms with Crippen LogP contribution in [0.1, 0.15) is 30.3 Å². The molecule has 138 valence electrons. The van der Waals surface area contributed by atoms with E-state index >= 15 is 0 Å². The molecule has 0 bridgehead atoms. The molecule has 0 saturated carbocycles. The first-order valence-corrected chi connectivity index (χ1v) is 8.67. The van der Waals surface area contributed by atoms with Gasteiger partial charge in [-0.2, -0.15) is 10.1 Å². The number of morpholine rings is 1. The lowest BCUT2D eigenvalue weighted by Crippen LogP contribution is -2.40. The number of aliphatic imine (C=N–C) groups is 2. The summed E-state index contributed by atoms with van der Waals surface area (Å²) in [6.07, 6.45) is 1.00. The number of carbonyl (C=O) groups is 2. The largest absolute Gasteiger partial charge is 0.378 e. The summed E-state index contributed by atoms with van der Waals surface area (Å²) in [5.74, 6) is -0.0365. The summed E-state index contributed by atoms with van der Waals surface area (Å²) in [7, 11) is 0. The van der Waals surface area contributed by atoms with Crippen LogP contribution < -0.4 is 0 Å². The Morgan fingerprint density at radius 1 is 1.19 bits per heavy atom. The molecule has 8 heteroatoms. The minimum Gasteiger partial charge on any atom is -0.378 e. The highest BCUT2D eigenvalue weighted by molar-refractivity contribution is 6.27. The number of hydrogen-bond donors (Lipinski definition) is 0. The third kappa shape index (κ3) is 3.50. The molecular formula is C18H23N5O3. The molecule has 2 aliphatic heterocycles. The third-order valence-electron chi connectivity index (χ3n) is 4.75. The summed E-state index contributed by atoms with van der Waals surface area (Å²) in [5, 5.41) is 4.47. The van der Waals surface area contributed by atoms with Gasteiger partial charge in [0.1, 0.15) is 0 Å². The highest BCUT2D eigenvalue weighted by Crippen LogP contribution is 2.18. The lowest BCUT2D eigenvalue weighted by Gasteiger charge is -2.26. The van der Waals surface area contributed by atoms with Gasteiger partial charge in [0, 0.05) is 25.2 Å². The van der Waals surface area contributed by atoms with Crippen LogP contribution in [0.5, 0.6) is 0 Å². The minimum absolute atomic E-state index is 0.121. The van der Waals surface area contributed by atoms with E-state index in [0.717, 1.165) is 17.0 Å². The van der Waals surface area contributed by atoms with Crippen molar-refractivity contribution in [3.05, 3.63) is 29.1 Å². The first kappa shape index (κ1) is 18.2. The molecule has 0 aromatic carbocycles. The van der Waals surface area contributed by atoms with Crippen molar-refractivity contribution in [2.24, 2.45) is 9.98 Å². The van der Waals surface area contributed by atoms with Crippen molar-refractivity contribution in [2.45, 2.75) is 33.6 Å². The molecule has 2 aliphatic rings. The van der Waals surface area contributed by atoms with E-state index in [1.54, 1.807) is 11.6 Å². The van der Waals surface area contributed by atoms with Crippen LogP contribution in [0, 0.1) is 13.8 Å². The monoisotopic (exact) mass is 357 g/mol. The first-order valence-electron chi connectivity index (χ1n) is 8.67. The normalized spacial score (nSPS) is 18.0. The predicted octanol–water partition coefficient (Wildman–Crippen LogP) is 1.05. The summed E-state index contributed by atoms with van der Waals surface area (Å²) < 4.78 is 6.85. The zero-order chi connectivity index (χ0) is 18.8. The van der Waals surface area contributed by atoms with E-state index in [-0.39, 0.29) is 11.9 Å². The van der Waals surface area contributed by atoms with Gasteiger partial charge in [0.15, 0.2) is 0 Å². The Balaban J connectivity index is 1.76. The van der Waals surface area contributed by atoms with E-state index in [1.165, 1.54) is 0 Å². The fraction of sp³-hybridized carbons (Fsp3) is 0.500. The summed E-state index contributed by atoms with van der Waals surface area (Å²) >= 11 is 0. The Morgan fingerprint density at radius 3 is 2.54 bits per heavy atom. The average Bonchev–Trinajstić information content (AvgIpc) is 2.92. The summed E-state index contributed by atoms with van der Waals surface area (Å²) in [4.78, 5) is 34.4. The third-order valence-corrected chi connectivity index (χ3v) is 4.75. The van der Waals surface area contributed by atoms with Crippen LogP contribution in [0.3, 0.4) is 0 Å². The molecule has 0 unspecified atom stereocenters. The van der Waals surface area contributed by atoms with E-state index < -0.39 is 5.91 Å². The smallest absolute Gasteiger partial charge is 0.281 e. The lowest BCUT2D eigenvalue weighted by molar-refractivity contribution is -0.135. The maximum atomic E-state index is 12.4. The Hall–Kier alpha value is -2.61. The number of nitrogens with zero attached hydrogens (tertiary/aromatic N) is 5. The van der Waals surface area contributed by atoms with E-state index in [1.807, 2.05) is 18.7 Å². The van der Waals surface area contributed by atoms with Crippen LogP contribution >= 0.6 is 0 Å². The van der Waals surface area contributed by atoms with E-state index in [4.69, 9.17) is 4.74 Å². The van der Waals surface area contributed by atoms with Gasteiger partial charge in [-0.25, -0.2) is 9.67 Å². The van der Waals surface area contributed by atoms with E-state index in [0.29, 0.717) is 50.4 Å². The van der Waals surface area contributed by atoms with Crippen molar-refractivity contribution >= 4 is 23.5 Å². The molecule has 0 N–H and O–H groups in total. The summed E-state index contributed by atoms with van der Waals surface area (Å²) in [6.45, 7) is 11.7. The SMILES string of the molecule is C=C1C(=O)N=C(n2nc(C)c(CCC(=O)N3CCOCC3)c2C)N=C1C. The summed E-state index contributed by atoms with van der Waals surface area (Å²) in [5.41, 5.74) is 3.47. The number of ether oxygens (including phenoxy) is 1. The molecule has 26 heavy (non-hydrogen) atoms. The Kier molecular flexibility index (Phi) is 5.13. The van der Waals surface area contributed by atoms with Crippen LogP contribution in [0.4, 0.5) is 0 Å². The minimum atomic E-state index is -0.399. The van der Waals surface area contributed by atoms with Crippen molar-refractivity contribution in [2.75, 3.05) is 26.3 Å². The second-order valence-electron chi connectivity index (χ2n) is 6.45. The molecule has 8 nitrogen and oxygen atoms in total. The van der Waals surface area contributed by atoms with Crippen molar-refractivity contribution in [1.29, 1.82) is 0 Å². The molecule has 1 aromatic heterocycles. The van der Waals surface area contributed by atoms with Gasteiger partial charge >= 0.3 is 0 Å². The number of carbonyl (C=O) groups excluding carboxylic acids is 2. The van der Waals surface area contributed by atoms with Crippen molar-refractivity contribution in [3.63, 3.8) is 0 Å². The predicted molar refractivity (Wildman–Crippen MR) is 97.5 cm³/mol. The quantitative estimate of drug-likeness (QED) is 0.757. The Labute approximate surface area is 152 Å². The van der Waals surface area contributed by atoms with Crippen LogP contribution in [0.15, 0.2) is 22.1 Å². The highest BCUT2D eigenvalue weighted by atomic mass is 16.5. The van der Waals surface area contributed by atoms with Crippen molar-refractivity contribution < 1.29 is 14.3 Å². The van der Waals surface area contributed by atoms with Crippen LogP contribution in [-0.2, 0) is 20.7 Å². The molecular weight excluding hydrogens is 334 g/mol. The van der Waals surface area contributed by atoms with Crippen LogP contribution in [-0.4, -0.2) is 64.5 Å². The van der Waals surface area contributed by atoms with Crippen molar-refractivity contribution in [1.82, 2.24) is 14.7 Å². The standard InChI is InChI=1S/C18H23N5O3/c1-11-12(2)19-18(20-17(11)25)23-14(4)15(13(3)21-23)5-6-16(24)22-7-9-26-10-8-22/h1,5-10H2,2-4H3. The van der Waals surface area contributed by atoms with Crippen LogP contribution in [0.2, 0.25) is 0 Å². The molecule has 0 radical (unpaired) electrons. The van der Waals surface area contributed by atoms with Gasteiger partial charge in [0.05, 0.1) is 30.2 Å². The second kappa shape index (κ2) is 7.33. The lowest BCUT2D eigenvalue weighted by atomic mass is 10.1. The van der Waals surface area contributed by atoms with Gasteiger partial charge in [0.2, 0.25) is 5.91 Å². The van der Waals surface area contributed by atoms with E-state index in [2.05, 4.69) is 21.7 Å². The average molecular weight is 357 g/mol. The van der Waals surface area contributed by atoms with Crippen molar-refractivity contribution in [3.8, 4) is 0 Å². The molecule has 0 atom stereocenters. The van der Waals surface area contributed by atoms with Gasteiger partial charge < -0.3 is 9.64 Å². The molecule has 3 heterocycles. The zero-order valence-electron chi connectivity index (χ0n) is 15.4. The molecule has 3 rings (SSSR count). The second-order valence-corrected chi connectivity index (χ2v) is 6.45. The highest BCUT2D eigenvalue weighted by Gasteiger charge is 2.23. The van der Waals surface area contributed by atoms with E-state index in [9.17, 15) is 9.59 Å². The number of aromatic nitrogens is 2. The fourth-order valence-corrected chi connectivity index (χ4v) is 3.08. The molecule has 1 fully saturated rings. The molecule has 1 saturated heterocycles. The molecule has 2 amide bonds. The molecule has 0 aliphatic carbocycles. The fourth-order valence-electron chi connectivity index (χ4n) is 3.08. The number of hydrogen-bond acceptors (Lipinski definition) is 5. The Morgan fingerprint density at radius 2 is 1.88 bits per heavy atom.